The molecule has 148 valence electrons. The molecule has 1 N–H and O–H groups in total. The van der Waals surface area contributed by atoms with Crippen LogP contribution in [-0.2, 0) is 7.05 Å². The zero-order valence-corrected chi connectivity index (χ0v) is 16.4. The fraction of sp³-hybridized carbons (Fsp3) is 0.200. The minimum absolute atomic E-state index is 0.284. The van der Waals surface area contributed by atoms with Crippen molar-refractivity contribution in [1.29, 1.82) is 0 Å². The Labute approximate surface area is 166 Å². The topological polar surface area (TPSA) is 104 Å². The zero-order valence-electron chi connectivity index (χ0n) is 16.4. The van der Waals surface area contributed by atoms with Crippen molar-refractivity contribution in [1.82, 2.24) is 19.9 Å². The predicted octanol–water partition coefficient (Wildman–Crippen LogP) is 3.20. The van der Waals surface area contributed by atoms with Gasteiger partial charge in [0.15, 0.2) is 11.5 Å². The number of rotatable bonds is 5. The van der Waals surface area contributed by atoms with Crippen molar-refractivity contribution in [2.45, 2.75) is 6.92 Å². The molecular weight excluding hydrogens is 374 g/mol. The summed E-state index contributed by atoms with van der Waals surface area (Å²) in [6.45, 7) is 1.76. The fourth-order valence-corrected chi connectivity index (χ4v) is 3.15. The number of carbonyl (C=O) groups is 1. The summed E-state index contributed by atoms with van der Waals surface area (Å²) in [4.78, 5) is 17.7. The monoisotopic (exact) mass is 393 g/mol. The number of fused-ring (bicyclic) bond motifs is 1. The van der Waals surface area contributed by atoms with Crippen molar-refractivity contribution in [2.75, 3.05) is 19.5 Å². The molecule has 0 saturated heterocycles. The summed E-state index contributed by atoms with van der Waals surface area (Å²) in [5.74, 6) is 0.603. The number of carbonyl (C=O) groups excluding carboxylic acids is 1. The standard InChI is InChI=1S/C20H19N5O4/c1-11-17-13(19(26)22-14-6-5-7-16(27-3)18(14)28-4)8-15(23-20(17)29-24-11)12-9-21-25(2)10-12/h5-10H,1-4H3,(H,22,26). The van der Waals surface area contributed by atoms with Gasteiger partial charge in [-0.2, -0.15) is 5.10 Å². The molecule has 0 aliphatic rings. The summed E-state index contributed by atoms with van der Waals surface area (Å²) in [5.41, 5.74) is 3.05. The number of aryl methyl sites for hydroxylation is 2. The number of para-hydroxylation sites is 1. The lowest BCUT2D eigenvalue weighted by Gasteiger charge is -2.14. The largest absolute Gasteiger partial charge is 0.493 e. The number of anilines is 1. The van der Waals surface area contributed by atoms with Gasteiger partial charge in [-0.15, -0.1) is 0 Å². The highest BCUT2D eigenvalue weighted by Crippen LogP contribution is 2.35. The number of nitrogens with zero attached hydrogens (tertiary/aromatic N) is 4. The maximum atomic E-state index is 13.2. The Morgan fingerprint density at radius 3 is 2.76 bits per heavy atom. The van der Waals surface area contributed by atoms with E-state index in [0.717, 1.165) is 5.56 Å². The maximum absolute atomic E-state index is 13.2. The molecule has 0 saturated carbocycles. The second kappa shape index (κ2) is 7.27. The molecule has 0 radical (unpaired) electrons. The molecule has 1 amide bonds. The number of pyridine rings is 1. The van der Waals surface area contributed by atoms with E-state index >= 15 is 0 Å². The Kier molecular flexibility index (Phi) is 4.63. The average Bonchev–Trinajstić information content (AvgIpc) is 3.33. The van der Waals surface area contributed by atoms with E-state index < -0.39 is 0 Å². The smallest absolute Gasteiger partial charge is 0.259 e. The van der Waals surface area contributed by atoms with Gasteiger partial charge in [-0.05, 0) is 25.1 Å². The van der Waals surface area contributed by atoms with E-state index in [2.05, 4.69) is 20.6 Å². The fourth-order valence-electron chi connectivity index (χ4n) is 3.15. The lowest BCUT2D eigenvalue weighted by Crippen LogP contribution is -2.14. The summed E-state index contributed by atoms with van der Waals surface area (Å²) >= 11 is 0. The Morgan fingerprint density at radius 1 is 1.24 bits per heavy atom. The zero-order chi connectivity index (χ0) is 20.5. The first-order valence-electron chi connectivity index (χ1n) is 8.80. The van der Waals surface area contributed by atoms with Crippen molar-refractivity contribution in [3.8, 4) is 22.8 Å². The molecular formula is C20H19N5O4. The molecule has 9 nitrogen and oxygen atoms in total. The molecule has 0 spiro atoms. The molecule has 0 aliphatic heterocycles. The van der Waals surface area contributed by atoms with E-state index in [-0.39, 0.29) is 11.6 Å². The maximum Gasteiger partial charge on any atom is 0.259 e. The second-order valence-corrected chi connectivity index (χ2v) is 6.40. The van der Waals surface area contributed by atoms with Crippen molar-refractivity contribution in [3.63, 3.8) is 0 Å². The number of amides is 1. The van der Waals surface area contributed by atoms with E-state index in [9.17, 15) is 4.79 Å². The molecule has 0 atom stereocenters. The van der Waals surface area contributed by atoms with Gasteiger partial charge >= 0.3 is 0 Å². The number of ether oxygens (including phenoxy) is 2. The van der Waals surface area contributed by atoms with Gasteiger partial charge in [-0.3, -0.25) is 9.48 Å². The van der Waals surface area contributed by atoms with Crippen LogP contribution in [0.3, 0.4) is 0 Å². The van der Waals surface area contributed by atoms with Crippen LogP contribution in [0, 0.1) is 6.92 Å². The van der Waals surface area contributed by atoms with Crippen LogP contribution in [0.4, 0.5) is 5.69 Å². The van der Waals surface area contributed by atoms with Crippen molar-refractivity contribution in [2.24, 2.45) is 7.05 Å². The Morgan fingerprint density at radius 2 is 2.07 bits per heavy atom. The molecule has 0 unspecified atom stereocenters. The molecule has 1 aromatic carbocycles. The highest BCUT2D eigenvalue weighted by molar-refractivity contribution is 6.13. The number of hydrogen-bond donors (Lipinski definition) is 1. The van der Waals surface area contributed by atoms with Gasteiger partial charge in [0, 0.05) is 18.8 Å². The first kappa shape index (κ1) is 18.5. The van der Waals surface area contributed by atoms with Gasteiger partial charge in [0.2, 0.25) is 0 Å². The molecule has 4 aromatic rings. The van der Waals surface area contributed by atoms with Crippen LogP contribution >= 0.6 is 0 Å². The Bertz CT molecular complexity index is 1210. The van der Waals surface area contributed by atoms with E-state index in [0.29, 0.717) is 39.5 Å². The van der Waals surface area contributed by atoms with Crippen LogP contribution in [0.2, 0.25) is 0 Å². The lowest BCUT2D eigenvalue weighted by atomic mass is 10.1. The first-order chi connectivity index (χ1) is 14.0. The second-order valence-electron chi connectivity index (χ2n) is 6.40. The van der Waals surface area contributed by atoms with Crippen molar-refractivity contribution < 1.29 is 18.8 Å². The summed E-state index contributed by atoms with van der Waals surface area (Å²) in [6, 6.07) is 6.96. The number of hydrogen-bond acceptors (Lipinski definition) is 7. The molecule has 0 bridgehead atoms. The van der Waals surface area contributed by atoms with E-state index in [1.54, 1.807) is 42.1 Å². The molecule has 9 heteroatoms. The van der Waals surface area contributed by atoms with Crippen LogP contribution in [0.15, 0.2) is 41.2 Å². The normalized spacial score (nSPS) is 10.9. The van der Waals surface area contributed by atoms with Crippen LogP contribution in [-0.4, -0.2) is 40.0 Å². The van der Waals surface area contributed by atoms with E-state index in [1.807, 2.05) is 13.2 Å². The molecule has 4 rings (SSSR count). The number of aromatic nitrogens is 4. The van der Waals surface area contributed by atoms with Crippen molar-refractivity contribution in [3.05, 3.63) is 47.9 Å². The van der Waals surface area contributed by atoms with Gasteiger partial charge in [0.25, 0.3) is 11.6 Å². The highest BCUT2D eigenvalue weighted by Gasteiger charge is 2.21. The summed E-state index contributed by atoms with van der Waals surface area (Å²) in [7, 11) is 4.86. The highest BCUT2D eigenvalue weighted by atomic mass is 16.5. The van der Waals surface area contributed by atoms with Crippen LogP contribution < -0.4 is 14.8 Å². The summed E-state index contributed by atoms with van der Waals surface area (Å²) < 4.78 is 17.7. The van der Waals surface area contributed by atoms with Crippen LogP contribution in [0.25, 0.3) is 22.4 Å². The molecule has 0 fully saturated rings. The van der Waals surface area contributed by atoms with Gasteiger partial charge in [-0.25, -0.2) is 4.98 Å². The van der Waals surface area contributed by atoms with Gasteiger partial charge in [-0.1, -0.05) is 11.2 Å². The van der Waals surface area contributed by atoms with E-state index in [4.69, 9.17) is 14.0 Å². The number of benzene rings is 1. The molecule has 0 aliphatic carbocycles. The minimum Gasteiger partial charge on any atom is -0.493 e. The quantitative estimate of drug-likeness (QED) is 0.555. The first-order valence-corrected chi connectivity index (χ1v) is 8.80. The third-order valence-electron chi connectivity index (χ3n) is 4.51. The average molecular weight is 393 g/mol. The SMILES string of the molecule is COc1cccc(NC(=O)c2cc(-c3cnn(C)c3)nc3onc(C)c23)c1OC. The van der Waals surface area contributed by atoms with Crippen LogP contribution in [0.5, 0.6) is 11.5 Å². The number of methoxy groups -OCH3 is 2. The van der Waals surface area contributed by atoms with E-state index in [1.165, 1.54) is 14.2 Å². The molecule has 3 aromatic heterocycles. The Hall–Kier alpha value is -3.88. The molecule has 29 heavy (non-hydrogen) atoms. The van der Waals surface area contributed by atoms with Gasteiger partial charge in [0.1, 0.15) is 0 Å². The summed E-state index contributed by atoms with van der Waals surface area (Å²) in [5, 5.41) is 11.6. The lowest BCUT2D eigenvalue weighted by molar-refractivity contribution is 0.102. The third kappa shape index (κ3) is 3.27. The minimum atomic E-state index is -0.347. The number of nitrogens with one attached hydrogen (secondary N) is 1. The Balaban J connectivity index is 1.81. The van der Waals surface area contributed by atoms with Gasteiger partial charge < -0.3 is 19.3 Å². The third-order valence-corrected chi connectivity index (χ3v) is 4.51. The predicted molar refractivity (Wildman–Crippen MR) is 106 cm³/mol. The molecule has 3 heterocycles. The van der Waals surface area contributed by atoms with Gasteiger partial charge in [0.05, 0.1) is 48.4 Å². The summed E-state index contributed by atoms with van der Waals surface area (Å²) in [6.07, 6.45) is 3.48. The van der Waals surface area contributed by atoms with Crippen LogP contribution in [0.1, 0.15) is 16.1 Å². The van der Waals surface area contributed by atoms with Crippen molar-refractivity contribution >= 4 is 22.7 Å².